The molecule has 108 valence electrons. The Balaban J connectivity index is 1.86. The Morgan fingerprint density at radius 1 is 1.14 bits per heavy atom. The average molecular weight is 303 g/mol. The normalized spacial score (nSPS) is 9.95. The third-order valence-electron chi connectivity index (χ3n) is 2.73. The minimum Gasteiger partial charge on any atom is -0.452 e. The molecule has 0 fully saturated rings. The standard InChI is InChI=1S/C15H13NO4S/c1-11-2-8-14(9-3-11)20-15(21)19-10-12-4-6-13(7-5-12)16(17)18/h2-9H,10H2,1H3. The van der Waals surface area contributed by atoms with Crippen molar-refractivity contribution >= 4 is 23.1 Å². The van der Waals surface area contributed by atoms with Gasteiger partial charge in [0.1, 0.15) is 12.4 Å². The van der Waals surface area contributed by atoms with Crippen molar-refractivity contribution in [2.24, 2.45) is 0 Å². The average Bonchev–Trinajstić information content (AvgIpc) is 2.48. The van der Waals surface area contributed by atoms with Gasteiger partial charge < -0.3 is 9.47 Å². The van der Waals surface area contributed by atoms with Gasteiger partial charge in [-0.2, -0.15) is 0 Å². The zero-order valence-corrected chi connectivity index (χ0v) is 12.1. The minimum atomic E-state index is -0.449. The topological polar surface area (TPSA) is 61.6 Å². The van der Waals surface area contributed by atoms with Gasteiger partial charge >= 0.3 is 5.24 Å². The third-order valence-corrected chi connectivity index (χ3v) is 2.93. The maximum atomic E-state index is 10.5. The molecule has 2 aromatic rings. The summed E-state index contributed by atoms with van der Waals surface area (Å²) >= 11 is 4.98. The fourth-order valence-corrected chi connectivity index (χ4v) is 1.74. The van der Waals surface area contributed by atoms with Crippen LogP contribution in [0.2, 0.25) is 0 Å². The van der Waals surface area contributed by atoms with Crippen molar-refractivity contribution in [2.75, 3.05) is 0 Å². The van der Waals surface area contributed by atoms with Gasteiger partial charge in [-0.25, -0.2) is 0 Å². The summed E-state index contributed by atoms with van der Waals surface area (Å²) in [4.78, 5) is 10.1. The molecule has 21 heavy (non-hydrogen) atoms. The highest BCUT2D eigenvalue weighted by Gasteiger charge is 2.06. The molecule has 0 aliphatic rings. The molecule has 0 radical (unpaired) electrons. The lowest BCUT2D eigenvalue weighted by atomic mass is 10.2. The molecular formula is C15H13NO4S. The van der Waals surface area contributed by atoms with Crippen molar-refractivity contribution < 1.29 is 14.4 Å². The summed E-state index contributed by atoms with van der Waals surface area (Å²) in [5.74, 6) is 0.606. The van der Waals surface area contributed by atoms with Crippen molar-refractivity contribution in [3.05, 3.63) is 69.8 Å². The number of thiocarbonyl (C=S) groups is 1. The Morgan fingerprint density at radius 3 is 2.33 bits per heavy atom. The van der Waals surface area contributed by atoms with E-state index in [0.29, 0.717) is 5.75 Å². The van der Waals surface area contributed by atoms with Crippen LogP contribution in [0.25, 0.3) is 0 Å². The zero-order chi connectivity index (χ0) is 15.2. The first-order chi connectivity index (χ1) is 10.0. The Bertz CT molecular complexity index is 638. The predicted molar refractivity (Wildman–Crippen MR) is 82.3 cm³/mol. The zero-order valence-electron chi connectivity index (χ0n) is 11.3. The van der Waals surface area contributed by atoms with E-state index in [-0.39, 0.29) is 17.5 Å². The van der Waals surface area contributed by atoms with Gasteiger partial charge in [-0.3, -0.25) is 10.1 Å². The number of nitro benzene ring substituents is 1. The summed E-state index contributed by atoms with van der Waals surface area (Å²) in [6.07, 6.45) is 0. The first-order valence-corrected chi connectivity index (χ1v) is 6.60. The SMILES string of the molecule is Cc1ccc(OC(=S)OCc2ccc([N+](=O)[O-])cc2)cc1. The van der Waals surface area contributed by atoms with Crippen molar-refractivity contribution in [3.8, 4) is 5.75 Å². The highest BCUT2D eigenvalue weighted by atomic mass is 32.1. The van der Waals surface area contributed by atoms with Crippen LogP contribution in [0.1, 0.15) is 11.1 Å². The van der Waals surface area contributed by atoms with E-state index in [4.69, 9.17) is 21.7 Å². The molecule has 2 rings (SSSR count). The Kier molecular flexibility index (Phi) is 4.84. The van der Waals surface area contributed by atoms with Gasteiger partial charge in [0.15, 0.2) is 0 Å². The third kappa shape index (κ3) is 4.54. The lowest BCUT2D eigenvalue weighted by Gasteiger charge is -2.08. The second-order valence-corrected chi connectivity index (χ2v) is 4.71. The molecule has 0 spiro atoms. The molecule has 0 bridgehead atoms. The van der Waals surface area contributed by atoms with Crippen LogP contribution in [0.3, 0.4) is 0 Å². The quantitative estimate of drug-likeness (QED) is 0.488. The number of aryl methyl sites for hydroxylation is 1. The second-order valence-electron chi connectivity index (χ2n) is 4.38. The monoisotopic (exact) mass is 303 g/mol. The molecule has 0 atom stereocenters. The van der Waals surface area contributed by atoms with Crippen LogP contribution in [0.4, 0.5) is 5.69 Å². The van der Waals surface area contributed by atoms with Crippen LogP contribution < -0.4 is 4.74 Å². The van der Waals surface area contributed by atoms with E-state index < -0.39 is 4.92 Å². The Labute approximate surface area is 127 Å². The number of ether oxygens (including phenoxy) is 2. The van der Waals surface area contributed by atoms with E-state index in [2.05, 4.69) is 0 Å². The fourth-order valence-electron chi connectivity index (χ4n) is 1.59. The largest absolute Gasteiger partial charge is 0.452 e. The lowest BCUT2D eigenvalue weighted by molar-refractivity contribution is -0.384. The smallest absolute Gasteiger partial charge is 0.358 e. The summed E-state index contributed by atoms with van der Waals surface area (Å²) in [6.45, 7) is 2.18. The van der Waals surface area contributed by atoms with Gasteiger partial charge in [-0.1, -0.05) is 17.7 Å². The first kappa shape index (κ1) is 14.9. The first-order valence-electron chi connectivity index (χ1n) is 6.19. The van der Waals surface area contributed by atoms with Crippen LogP contribution in [0, 0.1) is 17.0 Å². The summed E-state index contributed by atoms with van der Waals surface area (Å²) in [5, 5.41) is 10.6. The van der Waals surface area contributed by atoms with Crippen LogP contribution in [-0.2, 0) is 11.3 Å². The van der Waals surface area contributed by atoms with E-state index in [1.54, 1.807) is 24.3 Å². The number of hydrogen-bond acceptors (Lipinski definition) is 5. The van der Waals surface area contributed by atoms with Crippen LogP contribution in [-0.4, -0.2) is 10.2 Å². The van der Waals surface area contributed by atoms with Crippen LogP contribution in [0.5, 0.6) is 5.75 Å². The van der Waals surface area contributed by atoms with E-state index in [0.717, 1.165) is 11.1 Å². The van der Waals surface area contributed by atoms with Gasteiger partial charge in [0.2, 0.25) is 0 Å². The van der Waals surface area contributed by atoms with Crippen molar-refractivity contribution in [2.45, 2.75) is 13.5 Å². The van der Waals surface area contributed by atoms with E-state index in [1.807, 2.05) is 19.1 Å². The molecule has 0 heterocycles. The molecule has 0 N–H and O–H groups in total. The van der Waals surface area contributed by atoms with E-state index >= 15 is 0 Å². The number of hydrogen-bond donors (Lipinski definition) is 0. The molecule has 0 aliphatic heterocycles. The molecule has 2 aromatic carbocycles. The summed E-state index contributed by atoms with van der Waals surface area (Å²) in [5.41, 5.74) is 1.94. The maximum Gasteiger partial charge on any atom is 0.358 e. The van der Waals surface area contributed by atoms with E-state index in [9.17, 15) is 10.1 Å². The summed E-state index contributed by atoms with van der Waals surface area (Å²) < 4.78 is 10.7. The van der Waals surface area contributed by atoms with Gasteiger partial charge in [0.25, 0.3) is 5.69 Å². The van der Waals surface area contributed by atoms with Crippen molar-refractivity contribution in [1.29, 1.82) is 0 Å². The maximum absolute atomic E-state index is 10.5. The summed E-state index contributed by atoms with van der Waals surface area (Å²) in [6, 6.07) is 13.5. The van der Waals surface area contributed by atoms with Gasteiger partial charge in [-0.05, 0) is 36.8 Å². The highest BCUT2D eigenvalue weighted by Crippen LogP contribution is 2.14. The molecule has 0 aromatic heterocycles. The lowest BCUT2D eigenvalue weighted by Crippen LogP contribution is -2.10. The van der Waals surface area contributed by atoms with Gasteiger partial charge in [0, 0.05) is 24.4 Å². The van der Waals surface area contributed by atoms with Gasteiger partial charge in [0.05, 0.1) is 4.92 Å². The Morgan fingerprint density at radius 2 is 1.76 bits per heavy atom. The van der Waals surface area contributed by atoms with Crippen molar-refractivity contribution in [1.82, 2.24) is 0 Å². The molecule has 0 saturated heterocycles. The molecular weight excluding hydrogens is 290 g/mol. The fraction of sp³-hybridized carbons (Fsp3) is 0.133. The number of rotatable bonds is 4. The van der Waals surface area contributed by atoms with Crippen LogP contribution in [0.15, 0.2) is 48.5 Å². The molecule has 6 heteroatoms. The number of nitrogens with zero attached hydrogens (tertiary/aromatic N) is 1. The molecule has 0 saturated carbocycles. The molecule has 0 unspecified atom stereocenters. The van der Waals surface area contributed by atoms with Crippen molar-refractivity contribution in [3.63, 3.8) is 0 Å². The van der Waals surface area contributed by atoms with Gasteiger partial charge in [-0.15, -0.1) is 0 Å². The number of benzene rings is 2. The summed E-state index contributed by atoms with van der Waals surface area (Å²) in [7, 11) is 0. The second kappa shape index (κ2) is 6.81. The molecule has 0 aliphatic carbocycles. The Hall–Kier alpha value is -2.47. The molecule has 5 nitrogen and oxygen atoms in total. The number of nitro groups is 1. The van der Waals surface area contributed by atoms with Crippen LogP contribution >= 0.6 is 12.2 Å². The minimum absolute atomic E-state index is 0.0113. The molecule has 0 amide bonds. The predicted octanol–water partition coefficient (Wildman–Crippen LogP) is 3.78. The number of non-ortho nitro benzene ring substituents is 1. The van der Waals surface area contributed by atoms with E-state index in [1.165, 1.54) is 12.1 Å². The highest BCUT2D eigenvalue weighted by molar-refractivity contribution is 7.79.